The lowest BCUT2D eigenvalue weighted by atomic mass is 9.78. The number of rotatable bonds is 6. The van der Waals surface area contributed by atoms with Crippen LogP contribution in [0.4, 0.5) is 5.69 Å². The Labute approximate surface area is 186 Å². The second-order valence-corrected chi connectivity index (χ2v) is 8.97. The molecule has 3 aromatic rings. The van der Waals surface area contributed by atoms with Crippen LogP contribution in [0, 0.1) is 10.5 Å². The van der Waals surface area contributed by atoms with Crippen molar-refractivity contribution in [1.82, 2.24) is 0 Å². The highest BCUT2D eigenvalue weighted by Gasteiger charge is 2.23. The van der Waals surface area contributed by atoms with Crippen LogP contribution in [-0.4, -0.2) is 12.0 Å². The van der Waals surface area contributed by atoms with Crippen molar-refractivity contribution in [3.8, 4) is 5.75 Å². The van der Waals surface area contributed by atoms with Crippen molar-refractivity contribution in [3.63, 3.8) is 0 Å². The molecule has 0 saturated heterocycles. The van der Waals surface area contributed by atoms with Gasteiger partial charge in [-0.05, 0) is 83.5 Å². The van der Waals surface area contributed by atoms with E-state index in [2.05, 4.69) is 78.2 Å². The minimum absolute atomic E-state index is 0.106. The molecule has 0 bridgehead atoms. The average molecular weight is 499 g/mol. The second-order valence-electron chi connectivity index (χ2n) is 7.72. The molecular formula is C25H26INO2. The van der Waals surface area contributed by atoms with Crippen LogP contribution in [0.15, 0.2) is 72.8 Å². The number of carbonyl (C=O) groups excluding carboxylic acids is 1. The van der Waals surface area contributed by atoms with Crippen molar-refractivity contribution in [2.75, 3.05) is 5.32 Å². The van der Waals surface area contributed by atoms with Gasteiger partial charge in [0.25, 0.3) is 5.91 Å². The van der Waals surface area contributed by atoms with E-state index in [1.54, 1.807) is 6.92 Å². The molecular weight excluding hydrogens is 473 g/mol. The van der Waals surface area contributed by atoms with Crippen LogP contribution in [0.5, 0.6) is 5.75 Å². The fourth-order valence-electron chi connectivity index (χ4n) is 3.23. The van der Waals surface area contributed by atoms with Crippen LogP contribution < -0.4 is 10.1 Å². The molecule has 0 spiro atoms. The number of carbonyl (C=O) groups is 1. The van der Waals surface area contributed by atoms with E-state index in [1.807, 2.05) is 43.3 Å². The van der Waals surface area contributed by atoms with Gasteiger partial charge in [0, 0.05) is 14.7 Å². The van der Waals surface area contributed by atoms with Crippen LogP contribution >= 0.6 is 22.6 Å². The first kappa shape index (κ1) is 21.4. The lowest BCUT2D eigenvalue weighted by Gasteiger charge is -2.26. The fourth-order valence-corrected chi connectivity index (χ4v) is 3.88. The zero-order valence-corrected chi connectivity index (χ0v) is 19.4. The van der Waals surface area contributed by atoms with E-state index in [0.717, 1.165) is 14.8 Å². The van der Waals surface area contributed by atoms with Crippen LogP contribution in [0.2, 0.25) is 0 Å². The first-order chi connectivity index (χ1) is 13.8. The number of nitrogens with one attached hydrogen (secondary N) is 1. The van der Waals surface area contributed by atoms with Crippen LogP contribution in [0.1, 0.15) is 37.5 Å². The summed E-state index contributed by atoms with van der Waals surface area (Å²) in [5, 5.41) is 2.95. The number of hydrogen-bond donors (Lipinski definition) is 1. The molecule has 0 aromatic heterocycles. The van der Waals surface area contributed by atoms with E-state index < -0.39 is 6.10 Å². The summed E-state index contributed by atoms with van der Waals surface area (Å²) in [6.45, 7) is 8.16. The van der Waals surface area contributed by atoms with Crippen molar-refractivity contribution >= 4 is 34.2 Å². The van der Waals surface area contributed by atoms with Crippen molar-refractivity contribution in [2.24, 2.45) is 0 Å². The maximum Gasteiger partial charge on any atom is 0.265 e. The first-order valence-electron chi connectivity index (χ1n) is 9.67. The van der Waals surface area contributed by atoms with Crippen LogP contribution in [0.3, 0.4) is 0 Å². The van der Waals surface area contributed by atoms with Gasteiger partial charge in [0.2, 0.25) is 0 Å². The van der Waals surface area contributed by atoms with E-state index in [9.17, 15) is 4.79 Å². The zero-order valence-electron chi connectivity index (χ0n) is 17.2. The highest BCUT2D eigenvalue weighted by atomic mass is 127. The van der Waals surface area contributed by atoms with Crippen LogP contribution in [0.25, 0.3) is 0 Å². The van der Waals surface area contributed by atoms with E-state index in [4.69, 9.17) is 4.74 Å². The standard InChI is InChI=1S/C25H26INO2/c1-17-16-21(26)12-15-23(17)27-24(28)18(2)29-22-13-10-20(11-14-22)25(3,4)19-8-6-5-7-9-19/h5-16,18H,1-4H3,(H,27,28). The molecule has 3 rings (SSSR count). The Morgan fingerprint density at radius 3 is 2.21 bits per heavy atom. The minimum Gasteiger partial charge on any atom is -0.481 e. The van der Waals surface area contributed by atoms with Gasteiger partial charge in [-0.1, -0.05) is 56.3 Å². The second kappa shape index (κ2) is 8.99. The van der Waals surface area contributed by atoms with Gasteiger partial charge < -0.3 is 10.1 Å². The molecule has 3 aromatic carbocycles. The van der Waals surface area contributed by atoms with Gasteiger partial charge in [0.05, 0.1) is 0 Å². The largest absolute Gasteiger partial charge is 0.481 e. The molecule has 4 heteroatoms. The molecule has 1 atom stereocenters. The Morgan fingerprint density at radius 1 is 0.966 bits per heavy atom. The van der Waals surface area contributed by atoms with Crippen molar-refractivity contribution < 1.29 is 9.53 Å². The molecule has 3 nitrogen and oxygen atoms in total. The van der Waals surface area contributed by atoms with Gasteiger partial charge in [-0.15, -0.1) is 0 Å². The molecule has 29 heavy (non-hydrogen) atoms. The highest BCUT2D eigenvalue weighted by molar-refractivity contribution is 14.1. The predicted octanol–water partition coefficient (Wildman–Crippen LogP) is 6.33. The molecule has 0 aliphatic rings. The summed E-state index contributed by atoms with van der Waals surface area (Å²) in [6.07, 6.45) is -0.596. The molecule has 0 aliphatic heterocycles. The van der Waals surface area contributed by atoms with Crippen LogP contribution in [-0.2, 0) is 10.2 Å². The number of benzene rings is 3. The van der Waals surface area contributed by atoms with Gasteiger partial charge in [0.1, 0.15) is 5.75 Å². The summed E-state index contributed by atoms with van der Waals surface area (Å²) in [5.74, 6) is 0.516. The summed E-state index contributed by atoms with van der Waals surface area (Å²) >= 11 is 2.26. The average Bonchev–Trinajstić information content (AvgIpc) is 2.71. The lowest BCUT2D eigenvalue weighted by Crippen LogP contribution is -2.30. The molecule has 1 amide bonds. The highest BCUT2D eigenvalue weighted by Crippen LogP contribution is 2.32. The van der Waals surface area contributed by atoms with Gasteiger partial charge in [0.15, 0.2) is 6.10 Å². The molecule has 0 radical (unpaired) electrons. The monoisotopic (exact) mass is 499 g/mol. The molecule has 1 unspecified atom stereocenters. The van der Waals surface area contributed by atoms with E-state index in [-0.39, 0.29) is 11.3 Å². The molecule has 0 saturated carbocycles. The smallest absolute Gasteiger partial charge is 0.265 e. The van der Waals surface area contributed by atoms with Gasteiger partial charge in [-0.2, -0.15) is 0 Å². The maximum atomic E-state index is 12.5. The fraction of sp³-hybridized carbons (Fsp3) is 0.240. The Balaban J connectivity index is 1.66. The van der Waals surface area contributed by atoms with Gasteiger partial charge in [-0.3, -0.25) is 4.79 Å². The SMILES string of the molecule is Cc1cc(I)ccc1NC(=O)C(C)Oc1ccc(C(C)(C)c2ccccc2)cc1. The molecule has 0 fully saturated rings. The predicted molar refractivity (Wildman–Crippen MR) is 128 cm³/mol. The molecule has 0 aliphatic carbocycles. The summed E-state index contributed by atoms with van der Waals surface area (Å²) in [6, 6.07) is 24.4. The zero-order chi connectivity index (χ0) is 21.0. The normalized spacial score (nSPS) is 12.3. The third-order valence-electron chi connectivity index (χ3n) is 5.20. The van der Waals surface area contributed by atoms with E-state index in [1.165, 1.54) is 11.1 Å². The third kappa shape index (κ3) is 5.18. The molecule has 1 N–H and O–H groups in total. The summed E-state index contributed by atoms with van der Waals surface area (Å²) in [7, 11) is 0. The Kier molecular flexibility index (Phi) is 6.63. The quantitative estimate of drug-likeness (QED) is 0.403. The van der Waals surface area contributed by atoms with Crippen molar-refractivity contribution in [3.05, 3.63) is 93.1 Å². The lowest BCUT2D eigenvalue weighted by molar-refractivity contribution is -0.122. The minimum atomic E-state index is -0.596. The van der Waals surface area contributed by atoms with Gasteiger partial charge in [-0.25, -0.2) is 0 Å². The van der Waals surface area contributed by atoms with E-state index >= 15 is 0 Å². The van der Waals surface area contributed by atoms with Gasteiger partial charge >= 0.3 is 0 Å². The topological polar surface area (TPSA) is 38.3 Å². The number of aryl methyl sites for hydroxylation is 1. The van der Waals surface area contributed by atoms with Crippen molar-refractivity contribution in [2.45, 2.75) is 39.2 Å². The number of ether oxygens (including phenoxy) is 1. The maximum absolute atomic E-state index is 12.5. The Hall–Kier alpha value is -2.34. The summed E-state index contributed by atoms with van der Waals surface area (Å²) in [4.78, 5) is 12.5. The Morgan fingerprint density at radius 2 is 1.59 bits per heavy atom. The van der Waals surface area contributed by atoms with E-state index in [0.29, 0.717) is 5.75 Å². The number of hydrogen-bond acceptors (Lipinski definition) is 2. The summed E-state index contributed by atoms with van der Waals surface area (Å²) in [5.41, 5.74) is 4.19. The molecule has 0 heterocycles. The van der Waals surface area contributed by atoms with Crippen molar-refractivity contribution in [1.29, 1.82) is 0 Å². The first-order valence-corrected chi connectivity index (χ1v) is 10.7. The summed E-state index contributed by atoms with van der Waals surface area (Å²) < 4.78 is 7.01. The molecule has 150 valence electrons. The Bertz CT molecular complexity index is 981. The number of amides is 1. The third-order valence-corrected chi connectivity index (χ3v) is 5.87. The number of halogens is 1. The number of anilines is 1.